The number of hydrogen-bond acceptors (Lipinski definition) is 5. The lowest BCUT2D eigenvalue weighted by atomic mass is 10.2. The average molecular weight is 219 g/mol. The largest absolute Gasteiger partial charge is 0.792 e. The second kappa shape index (κ2) is 5.50. The molecule has 1 rings (SSSR count). The lowest BCUT2D eigenvalue weighted by Crippen LogP contribution is -2.28. The van der Waals surface area contributed by atoms with Gasteiger partial charge in [0.05, 0.1) is 5.71 Å². The van der Waals surface area contributed by atoms with Gasteiger partial charge in [0.25, 0.3) is 5.91 Å². The van der Waals surface area contributed by atoms with Gasteiger partial charge in [0.15, 0.2) is 0 Å². The van der Waals surface area contributed by atoms with Gasteiger partial charge in [0.1, 0.15) is 5.71 Å². The summed E-state index contributed by atoms with van der Waals surface area (Å²) in [6, 6.07) is 8.51. The molecule has 0 spiro atoms. The Morgan fingerprint density at radius 3 is 2.31 bits per heavy atom. The van der Waals surface area contributed by atoms with E-state index in [1.54, 1.807) is 30.3 Å². The molecule has 0 aromatic heterocycles. The van der Waals surface area contributed by atoms with Gasteiger partial charge < -0.3 is 26.0 Å². The van der Waals surface area contributed by atoms with Crippen molar-refractivity contribution in [3.05, 3.63) is 40.7 Å². The van der Waals surface area contributed by atoms with E-state index in [1.165, 1.54) is 6.92 Å². The maximum absolute atomic E-state index is 11.5. The maximum Gasteiger partial charge on any atom is 0.275 e. The fourth-order valence-corrected chi connectivity index (χ4v) is 1.03. The quantitative estimate of drug-likeness (QED) is 0.616. The van der Waals surface area contributed by atoms with E-state index < -0.39 is 11.6 Å². The van der Waals surface area contributed by atoms with Crippen LogP contribution in [0.1, 0.15) is 6.92 Å². The smallest absolute Gasteiger partial charge is 0.275 e. The first-order valence-electron chi connectivity index (χ1n) is 4.43. The van der Waals surface area contributed by atoms with Crippen molar-refractivity contribution in [3.63, 3.8) is 0 Å². The molecule has 1 N–H and O–H groups in total. The van der Waals surface area contributed by atoms with Gasteiger partial charge in [-0.05, 0) is 19.1 Å². The van der Waals surface area contributed by atoms with Crippen LogP contribution in [0.5, 0.6) is 0 Å². The zero-order valence-electron chi connectivity index (χ0n) is 8.51. The number of hydrogen-bond donors (Lipinski definition) is 1. The number of carbonyl (C=O) groups excluding carboxylic acids is 1. The van der Waals surface area contributed by atoms with Crippen molar-refractivity contribution in [2.75, 3.05) is 5.32 Å². The van der Waals surface area contributed by atoms with Gasteiger partial charge in [-0.3, -0.25) is 4.79 Å². The number of para-hydroxylation sites is 1. The van der Waals surface area contributed by atoms with Gasteiger partial charge in [0, 0.05) is 5.69 Å². The van der Waals surface area contributed by atoms with Crippen LogP contribution >= 0.6 is 0 Å². The Hall–Kier alpha value is -2.37. The standard InChI is InChI=1S/C10H11N3O3/c1-7(12-15)9(13-16)10(14)11-8-5-3-2-4-6-8/h2-6,15-16H,1H3,(H,11,14)/p-2/b12-7-,13-9-. The summed E-state index contributed by atoms with van der Waals surface area (Å²) in [5, 5.41) is 27.9. The molecule has 0 radical (unpaired) electrons. The molecule has 0 aliphatic carbocycles. The number of anilines is 1. The predicted octanol–water partition coefficient (Wildman–Crippen LogP) is 1.52. The van der Waals surface area contributed by atoms with E-state index in [0.29, 0.717) is 5.69 Å². The normalized spacial score (nSPS) is 12.3. The molecule has 0 unspecified atom stereocenters. The molecule has 1 amide bonds. The monoisotopic (exact) mass is 219 g/mol. The summed E-state index contributed by atoms with van der Waals surface area (Å²) in [7, 11) is 0. The highest BCUT2D eigenvalue weighted by atomic mass is 16.4. The van der Waals surface area contributed by atoms with Gasteiger partial charge in [0.2, 0.25) is 0 Å². The van der Waals surface area contributed by atoms with Crippen LogP contribution in [0.3, 0.4) is 0 Å². The average Bonchev–Trinajstić information content (AvgIpc) is 2.31. The van der Waals surface area contributed by atoms with Crippen LogP contribution in [0.2, 0.25) is 0 Å². The van der Waals surface area contributed by atoms with Crippen molar-refractivity contribution in [2.45, 2.75) is 6.92 Å². The third-order valence-corrected chi connectivity index (χ3v) is 1.82. The topological polar surface area (TPSA) is 99.9 Å². The molecule has 0 saturated carbocycles. The molecular formula is C10H9N3O3-2. The fourth-order valence-electron chi connectivity index (χ4n) is 1.03. The molecule has 0 atom stereocenters. The highest BCUT2D eigenvalue weighted by molar-refractivity contribution is 6.68. The van der Waals surface area contributed by atoms with E-state index in [1.807, 2.05) is 0 Å². The fraction of sp³-hybridized carbons (Fsp3) is 0.100. The van der Waals surface area contributed by atoms with E-state index in [4.69, 9.17) is 0 Å². The summed E-state index contributed by atoms with van der Waals surface area (Å²) in [4.78, 5) is 11.5. The summed E-state index contributed by atoms with van der Waals surface area (Å²) >= 11 is 0. The molecule has 1 aromatic carbocycles. The first kappa shape index (κ1) is 11.7. The Morgan fingerprint density at radius 2 is 1.81 bits per heavy atom. The second-order valence-electron chi connectivity index (χ2n) is 2.94. The number of rotatable bonds is 3. The van der Waals surface area contributed by atoms with Crippen LogP contribution in [0.25, 0.3) is 0 Å². The van der Waals surface area contributed by atoms with Gasteiger partial charge >= 0.3 is 0 Å². The number of amides is 1. The SMILES string of the molecule is CC(=N/[O-])/C(=N/[O-])C(=O)Nc1ccccc1. The Labute approximate surface area is 91.9 Å². The molecule has 6 heteroatoms. The van der Waals surface area contributed by atoms with Gasteiger partial charge in [-0.1, -0.05) is 18.2 Å². The van der Waals surface area contributed by atoms with Crippen LogP contribution in [-0.2, 0) is 4.79 Å². The molecule has 0 bridgehead atoms. The zero-order chi connectivity index (χ0) is 12.0. The van der Waals surface area contributed by atoms with E-state index in [9.17, 15) is 15.2 Å². The number of nitrogens with zero attached hydrogens (tertiary/aromatic N) is 2. The molecule has 0 saturated heterocycles. The Kier molecular flexibility index (Phi) is 4.02. The predicted molar refractivity (Wildman–Crippen MR) is 62.3 cm³/mol. The lowest BCUT2D eigenvalue weighted by molar-refractivity contribution is -0.110. The molecule has 6 nitrogen and oxygen atoms in total. The summed E-state index contributed by atoms with van der Waals surface area (Å²) in [6.45, 7) is 1.24. The van der Waals surface area contributed by atoms with Crippen LogP contribution in [0.4, 0.5) is 5.69 Å². The van der Waals surface area contributed by atoms with Gasteiger partial charge in [-0.2, -0.15) is 0 Å². The molecule has 16 heavy (non-hydrogen) atoms. The number of benzene rings is 1. The summed E-state index contributed by atoms with van der Waals surface area (Å²) < 4.78 is 0. The summed E-state index contributed by atoms with van der Waals surface area (Å²) in [5.41, 5.74) is -0.255. The van der Waals surface area contributed by atoms with Crippen LogP contribution in [-0.4, -0.2) is 17.3 Å². The number of carbonyl (C=O) groups is 1. The van der Waals surface area contributed by atoms with Crippen molar-refractivity contribution in [1.29, 1.82) is 0 Å². The third-order valence-electron chi connectivity index (χ3n) is 1.82. The van der Waals surface area contributed by atoms with Gasteiger partial charge in [-0.25, -0.2) is 0 Å². The second-order valence-corrected chi connectivity index (χ2v) is 2.94. The minimum atomic E-state index is -0.752. The molecule has 1 aromatic rings. The molecule has 84 valence electrons. The first-order chi connectivity index (χ1) is 7.69. The summed E-state index contributed by atoms with van der Waals surface area (Å²) in [5.74, 6) is -0.752. The van der Waals surface area contributed by atoms with Gasteiger partial charge in [-0.15, -0.1) is 0 Å². The summed E-state index contributed by atoms with van der Waals surface area (Å²) in [6.07, 6.45) is 0. The Balaban J connectivity index is 2.80. The van der Waals surface area contributed by atoms with Crippen molar-refractivity contribution in [2.24, 2.45) is 10.3 Å². The van der Waals surface area contributed by atoms with E-state index in [0.717, 1.165) is 0 Å². The van der Waals surface area contributed by atoms with Crippen LogP contribution < -0.4 is 5.32 Å². The highest BCUT2D eigenvalue weighted by Gasteiger charge is 2.11. The lowest BCUT2D eigenvalue weighted by Gasteiger charge is -2.10. The minimum absolute atomic E-state index is 0.247. The zero-order valence-corrected chi connectivity index (χ0v) is 8.51. The highest BCUT2D eigenvalue weighted by Crippen LogP contribution is 2.05. The molecule has 0 aliphatic rings. The van der Waals surface area contributed by atoms with Crippen molar-refractivity contribution in [3.8, 4) is 0 Å². The first-order valence-corrected chi connectivity index (χ1v) is 4.43. The Bertz CT molecular complexity index is 426. The molecular weight excluding hydrogens is 210 g/mol. The third kappa shape index (κ3) is 2.81. The minimum Gasteiger partial charge on any atom is -0.792 e. The van der Waals surface area contributed by atoms with E-state index in [2.05, 4.69) is 15.6 Å². The molecule has 0 fully saturated rings. The van der Waals surface area contributed by atoms with E-state index in [-0.39, 0.29) is 5.71 Å². The molecule has 0 aliphatic heterocycles. The van der Waals surface area contributed by atoms with Crippen molar-refractivity contribution in [1.82, 2.24) is 0 Å². The Morgan fingerprint density at radius 1 is 1.19 bits per heavy atom. The van der Waals surface area contributed by atoms with Crippen molar-refractivity contribution >= 4 is 23.0 Å². The molecule has 0 heterocycles. The van der Waals surface area contributed by atoms with Crippen molar-refractivity contribution < 1.29 is 4.79 Å². The van der Waals surface area contributed by atoms with Crippen LogP contribution in [0.15, 0.2) is 40.6 Å². The van der Waals surface area contributed by atoms with E-state index >= 15 is 0 Å². The maximum atomic E-state index is 11.5. The number of nitrogens with one attached hydrogen (secondary N) is 1. The van der Waals surface area contributed by atoms with Crippen LogP contribution in [0, 0.1) is 10.4 Å².